The predicted molar refractivity (Wildman–Crippen MR) is 114 cm³/mol. The molecule has 0 saturated carbocycles. The number of likely N-dealkylation sites (tertiary alicyclic amines) is 1. The lowest BCUT2D eigenvalue weighted by Gasteiger charge is -2.15. The third-order valence-electron chi connectivity index (χ3n) is 5.32. The molecule has 3 aromatic rings. The molecule has 1 aliphatic heterocycles. The van der Waals surface area contributed by atoms with E-state index < -0.39 is 6.10 Å². The van der Waals surface area contributed by atoms with E-state index >= 15 is 0 Å². The molecule has 1 aliphatic rings. The highest BCUT2D eigenvalue weighted by Gasteiger charge is 2.26. The molecule has 2 aromatic heterocycles. The Morgan fingerprint density at radius 2 is 2.10 bits per heavy atom. The van der Waals surface area contributed by atoms with Crippen LogP contribution in [0.25, 0.3) is 0 Å². The maximum Gasteiger partial charge on any atom is 0.274 e. The third kappa shape index (κ3) is 4.95. The Hall–Kier alpha value is -3.59. The summed E-state index contributed by atoms with van der Waals surface area (Å²) in [7, 11) is 1.91. The first-order chi connectivity index (χ1) is 15.0. The first-order valence-electron chi connectivity index (χ1n) is 10.2. The lowest BCUT2D eigenvalue weighted by Crippen LogP contribution is -2.29. The number of amides is 2. The zero-order valence-corrected chi connectivity index (χ0v) is 17.2. The van der Waals surface area contributed by atoms with Crippen LogP contribution in [0.5, 0.6) is 0 Å². The van der Waals surface area contributed by atoms with Gasteiger partial charge in [0.15, 0.2) is 0 Å². The van der Waals surface area contributed by atoms with Gasteiger partial charge in [0.1, 0.15) is 17.8 Å². The summed E-state index contributed by atoms with van der Waals surface area (Å²) in [5.74, 6) is 0.297. The van der Waals surface area contributed by atoms with Crippen molar-refractivity contribution in [1.82, 2.24) is 24.6 Å². The van der Waals surface area contributed by atoms with Crippen LogP contribution >= 0.6 is 0 Å². The molecular weight excluding hydrogens is 396 g/mol. The van der Waals surface area contributed by atoms with Crippen LogP contribution in [0.15, 0.2) is 48.9 Å². The van der Waals surface area contributed by atoms with Crippen molar-refractivity contribution in [2.45, 2.75) is 25.4 Å². The lowest BCUT2D eigenvalue weighted by molar-refractivity contribution is 0.0765. The fourth-order valence-corrected chi connectivity index (χ4v) is 3.59. The van der Waals surface area contributed by atoms with Crippen molar-refractivity contribution in [3.63, 3.8) is 0 Å². The molecule has 1 unspecified atom stereocenters. The quantitative estimate of drug-likeness (QED) is 0.624. The Labute approximate surface area is 179 Å². The van der Waals surface area contributed by atoms with E-state index in [1.54, 1.807) is 17.3 Å². The minimum Gasteiger partial charge on any atom is -0.391 e. The number of hydrogen-bond donors (Lipinski definition) is 2. The molecule has 0 spiro atoms. The number of nitrogens with one attached hydrogen (secondary N) is 1. The molecule has 1 atom stereocenters. The van der Waals surface area contributed by atoms with E-state index in [9.17, 15) is 14.7 Å². The van der Waals surface area contributed by atoms with Gasteiger partial charge in [0.25, 0.3) is 11.8 Å². The fourth-order valence-electron chi connectivity index (χ4n) is 3.59. The Bertz CT molecular complexity index is 1100. The maximum absolute atomic E-state index is 12.7. The van der Waals surface area contributed by atoms with Crippen LogP contribution < -0.4 is 5.32 Å². The molecule has 0 aliphatic carbocycles. The van der Waals surface area contributed by atoms with Gasteiger partial charge < -0.3 is 19.9 Å². The number of β-amino-alcohol motifs (C(OH)–C–C–N with tert-alkyl or cyclic N) is 1. The summed E-state index contributed by atoms with van der Waals surface area (Å²) in [6.07, 6.45) is 4.70. The summed E-state index contributed by atoms with van der Waals surface area (Å²) in [6.45, 7) is 0.814. The van der Waals surface area contributed by atoms with Crippen molar-refractivity contribution in [2.24, 2.45) is 7.05 Å². The van der Waals surface area contributed by atoms with Crippen molar-refractivity contribution in [3.8, 4) is 0 Å². The number of carbonyl (C=O) groups is 2. The summed E-state index contributed by atoms with van der Waals surface area (Å²) < 4.78 is 1.88. The highest BCUT2D eigenvalue weighted by Crippen LogP contribution is 2.16. The first kappa shape index (κ1) is 20.7. The molecular formula is C22H24N6O3. The standard InChI is InChI=1S/C22H24N6O3/c1-27-14-24-26-20(27)6-5-15-3-2-4-17(11-15)25-21(30)19-12-16(7-9-23-19)22(31)28-10-8-18(29)13-28/h2-4,7,9,11-12,14,18,29H,5-6,8,10,13H2,1H3,(H,25,30). The number of carbonyl (C=O) groups excluding carboxylic acids is 2. The minimum absolute atomic E-state index is 0.162. The normalized spacial score (nSPS) is 15.8. The van der Waals surface area contributed by atoms with Crippen LogP contribution in [-0.2, 0) is 19.9 Å². The number of pyridine rings is 1. The SMILES string of the molecule is Cn1cnnc1CCc1cccc(NC(=O)c2cc(C(=O)N3CCC(O)C3)ccn2)c1. The van der Waals surface area contributed by atoms with Gasteiger partial charge in [-0.05, 0) is 42.7 Å². The number of aryl methyl sites for hydroxylation is 3. The molecule has 0 bridgehead atoms. The lowest BCUT2D eigenvalue weighted by atomic mass is 10.1. The molecule has 9 nitrogen and oxygen atoms in total. The number of aromatic nitrogens is 4. The van der Waals surface area contributed by atoms with Crippen LogP contribution in [0.3, 0.4) is 0 Å². The van der Waals surface area contributed by atoms with Gasteiger partial charge in [-0.1, -0.05) is 12.1 Å². The fraction of sp³-hybridized carbons (Fsp3) is 0.318. The molecule has 31 heavy (non-hydrogen) atoms. The van der Waals surface area contributed by atoms with Crippen LogP contribution in [0.1, 0.15) is 38.7 Å². The second-order valence-corrected chi connectivity index (χ2v) is 7.64. The molecule has 2 N–H and O–H groups in total. The Balaban J connectivity index is 1.41. The van der Waals surface area contributed by atoms with E-state index in [0.717, 1.165) is 24.2 Å². The molecule has 2 amide bonds. The number of aliphatic hydroxyl groups excluding tert-OH is 1. The van der Waals surface area contributed by atoms with Crippen molar-refractivity contribution < 1.29 is 14.7 Å². The highest BCUT2D eigenvalue weighted by molar-refractivity contribution is 6.04. The van der Waals surface area contributed by atoms with E-state index in [0.29, 0.717) is 30.8 Å². The Morgan fingerprint density at radius 3 is 2.84 bits per heavy atom. The smallest absolute Gasteiger partial charge is 0.274 e. The minimum atomic E-state index is -0.491. The van der Waals surface area contributed by atoms with Crippen LogP contribution in [0.4, 0.5) is 5.69 Å². The molecule has 0 radical (unpaired) electrons. The summed E-state index contributed by atoms with van der Waals surface area (Å²) in [5, 5.41) is 20.5. The number of nitrogens with zero attached hydrogens (tertiary/aromatic N) is 5. The van der Waals surface area contributed by atoms with E-state index in [4.69, 9.17) is 0 Å². The van der Waals surface area contributed by atoms with Gasteiger partial charge in [0, 0.05) is 44.0 Å². The first-order valence-corrected chi connectivity index (χ1v) is 10.2. The molecule has 160 valence electrons. The average molecular weight is 420 g/mol. The van der Waals surface area contributed by atoms with E-state index in [2.05, 4.69) is 20.5 Å². The largest absolute Gasteiger partial charge is 0.391 e. The van der Waals surface area contributed by atoms with Crippen molar-refractivity contribution in [2.75, 3.05) is 18.4 Å². The molecule has 1 fully saturated rings. The van der Waals surface area contributed by atoms with Gasteiger partial charge >= 0.3 is 0 Å². The van der Waals surface area contributed by atoms with Crippen molar-refractivity contribution >= 4 is 17.5 Å². The van der Waals surface area contributed by atoms with Gasteiger partial charge in [0.05, 0.1) is 6.10 Å². The van der Waals surface area contributed by atoms with Crippen LogP contribution in [-0.4, -0.2) is 60.8 Å². The predicted octanol–water partition coefficient (Wildman–Crippen LogP) is 1.45. The van der Waals surface area contributed by atoms with Gasteiger partial charge in [-0.25, -0.2) is 0 Å². The zero-order chi connectivity index (χ0) is 21.8. The van der Waals surface area contributed by atoms with E-state index in [-0.39, 0.29) is 17.5 Å². The number of hydrogen-bond acceptors (Lipinski definition) is 6. The van der Waals surface area contributed by atoms with Crippen LogP contribution in [0.2, 0.25) is 0 Å². The molecule has 1 aromatic carbocycles. The molecule has 4 rings (SSSR count). The average Bonchev–Trinajstić information content (AvgIpc) is 3.40. The van der Waals surface area contributed by atoms with Crippen LogP contribution in [0, 0.1) is 0 Å². The zero-order valence-electron chi connectivity index (χ0n) is 17.2. The van der Waals surface area contributed by atoms with E-state index in [1.165, 1.54) is 12.3 Å². The van der Waals surface area contributed by atoms with Crippen molar-refractivity contribution in [1.29, 1.82) is 0 Å². The molecule has 1 saturated heterocycles. The van der Waals surface area contributed by atoms with E-state index in [1.807, 2.05) is 35.9 Å². The summed E-state index contributed by atoms with van der Waals surface area (Å²) >= 11 is 0. The topological polar surface area (TPSA) is 113 Å². The molecule has 9 heteroatoms. The third-order valence-corrected chi connectivity index (χ3v) is 5.32. The Kier molecular flexibility index (Phi) is 6.03. The van der Waals surface area contributed by atoms with Crippen molar-refractivity contribution in [3.05, 3.63) is 71.6 Å². The Morgan fingerprint density at radius 1 is 1.23 bits per heavy atom. The highest BCUT2D eigenvalue weighted by atomic mass is 16.3. The van der Waals surface area contributed by atoms with Gasteiger partial charge in [-0.3, -0.25) is 14.6 Å². The molecule has 3 heterocycles. The number of anilines is 1. The van der Waals surface area contributed by atoms with Gasteiger partial charge in [0.2, 0.25) is 0 Å². The monoisotopic (exact) mass is 420 g/mol. The van der Waals surface area contributed by atoms with Gasteiger partial charge in [-0.15, -0.1) is 10.2 Å². The second kappa shape index (κ2) is 9.05. The number of aliphatic hydroxyl groups is 1. The summed E-state index contributed by atoms with van der Waals surface area (Å²) in [6, 6.07) is 10.7. The maximum atomic E-state index is 12.7. The summed E-state index contributed by atoms with van der Waals surface area (Å²) in [4.78, 5) is 31.0. The second-order valence-electron chi connectivity index (χ2n) is 7.64. The van der Waals surface area contributed by atoms with Gasteiger partial charge in [-0.2, -0.15) is 0 Å². The number of rotatable bonds is 6. The number of benzene rings is 1. The summed E-state index contributed by atoms with van der Waals surface area (Å²) in [5.41, 5.74) is 2.26.